The zero-order valence-electron chi connectivity index (χ0n) is 23.6. The minimum Gasteiger partial charge on any atom is -0.393 e. The third kappa shape index (κ3) is 5.40. The first kappa shape index (κ1) is 26.3. The molecule has 3 aromatic heterocycles. The minimum atomic E-state index is -0.284. The van der Waals surface area contributed by atoms with Gasteiger partial charge in [0.25, 0.3) is 5.56 Å². The monoisotopic (exact) mass is 553 g/mol. The smallest absolute Gasteiger partial charge is 0.260 e. The van der Waals surface area contributed by atoms with Crippen LogP contribution in [0, 0.1) is 5.92 Å². The molecule has 0 spiro atoms. The topological polar surface area (TPSA) is 99.4 Å². The maximum Gasteiger partial charge on any atom is 0.260 e. The third-order valence-electron chi connectivity index (χ3n) is 9.43. The number of pyridine rings is 2. The molecule has 3 fully saturated rings. The van der Waals surface area contributed by atoms with Gasteiger partial charge in [-0.3, -0.25) is 19.2 Å². The van der Waals surface area contributed by atoms with E-state index in [0.717, 1.165) is 73.8 Å². The molecule has 4 heterocycles. The summed E-state index contributed by atoms with van der Waals surface area (Å²) in [5, 5.41) is 16.1. The third-order valence-corrected chi connectivity index (χ3v) is 9.43. The highest BCUT2D eigenvalue weighted by molar-refractivity contribution is 6.04. The Morgan fingerprint density at radius 3 is 2.41 bits per heavy atom. The van der Waals surface area contributed by atoms with E-state index in [-0.39, 0.29) is 17.7 Å². The van der Waals surface area contributed by atoms with Gasteiger partial charge in [0.1, 0.15) is 5.65 Å². The molecule has 2 saturated carbocycles. The predicted octanol–water partition coefficient (Wildman–Crippen LogP) is 4.35. The van der Waals surface area contributed by atoms with E-state index in [9.17, 15) is 9.90 Å². The second-order valence-electron chi connectivity index (χ2n) is 12.1. The summed E-state index contributed by atoms with van der Waals surface area (Å²) >= 11 is 0. The van der Waals surface area contributed by atoms with Crippen LogP contribution in [0.2, 0.25) is 0 Å². The van der Waals surface area contributed by atoms with Gasteiger partial charge >= 0.3 is 0 Å². The van der Waals surface area contributed by atoms with Crippen molar-refractivity contribution in [1.29, 1.82) is 0 Å². The lowest BCUT2D eigenvalue weighted by Gasteiger charge is -2.36. The summed E-state index contributed by atoms with van der Waals surface area (Å²) in [7, 11) is 0. The van der Waals surface area contributed by atoms with Gasteiger partial charge in [0.15, 0.2) is 0 Å². The van der Waals surface area contributed by atoms with Crippen LogP contribution in [0.1, 0.15) is 56.6 Å². The zero-order chi connectivity index (χ0) is 27.8. The molecular formula is C32H39N7O2. The van der Waals surface area contributed by atoms with Crippen molar-refractivity contribution < 1.29 is 5.11 Å². The number of piperazine rings is 1. The van der Waals surface area contributed by atoms with Crippen LogP contribution in [0.3, 0.4) is 0 Å². The molecule has 0 radical (unpaired) electrons. The number of rotatable bonds is 7. The number of benzene rings is 1. The summed E-state index contributed by atoms with van der Waals surface area (Å²) in [6.07, 6.45) is 12.1. The highest BCUT2D eigenvalue weighted by Crippen LogP contribution is 2.33. The molecule has 0 atom stereocenters. The van der Waals surface area contributed by atoms with E-state index in [4.69, 9.17) is 4.98 Å². The quantitative estimate of drug-likeness (QED) is 0.326. The Morgan fingerprint density at radius 2 is 1.68 bits per heavy atom. The standard InChI is InChI=1S/C32H39N7O2/c40-26-7-5-25(6-8-26)39-30-29(20-35-32(36-30)34-19-22-2-1-3-22)27-9-4-23(18-28(27)31(39)41)21-37-14-16-38(17-15-37)24-10-12-33-13-11-24/h4,9-13,18,20,22,25-26,40H,1-3,5-8,14-17,19,21H2,(H,34,35,36)/t25-,26-. The number of anilines is 2. The van der Waals surface area contributed by atoms with Crippen LogP contribution in [0.4, 0.5) is 11.6 Å². The first-order valence-corrected chi connectivity index (χ1v) is 15.3. The fourth-order valence-corrected chi connectivity index (χ4v) is 6.72. The maximum atomic E-state index is 14.2. The molecule has 9 nitrogen and oxygen atoms in total. The Labute approximate surface area is 240 Å². The molecule has 0 amide bonds. The van der Waals surface area contributed by atoms with Gasteiger partial charge in [0.05, 0.1) is 6.10 Å². The highest BCUT2D eigenvalue weighted by Gasteiger charge is 2.26. The van der Waals surface area contributed by atoms with Crippen molar-refractivity contribution in [2.75, 3.05) is 42.9 Å². The Hall–Kier alpha value is -3.56. The molecule has 1 aliphatic heterocycles. The van der Waals surface area contributed by atoms with E-state index < -0.39 is 0 Å². The minimum absolute atomic E-state index is 0.0156. The SMILES string of the molecule is O=c1c2cc(CN3CCN(c4ccncc4)CC3)ccc2c2cnc(NCC3CCC3)nc2n1[C@H]1CC[C@H](O)CC1. The van der Waals surface area contributed by atoms with Crippen molar-refractivity contribution in [3.63, 3.8) is 0 Å². The predicted molar refractivity (Wildman–Crippen MR) is 162 cm³/mol. The lowest BCUT2D eigenvalue weighted by atomic mass is 9.85. The number of aliphatic hydroxyl groups is 1. The molecule has 1 saturated heterocycles. The number of hydrogen-bond acceptors (Lipinski definition) is 8. The second-order valence-corrected chi connectivity index (χ2v) is 12.1. The van der Waals surface area contributed by atoms with E-state index in [0.29, 0.717) is 30.4 Å². The van der Waals surface area contributed by atoms with E-state index in [1.807, 2.05) is 23.2 Å². The van der Waals surface area contributed by atoms with Crippen LogP contribution in [0.25, 0.3) is 21.8 Å². The number of nitrogens with zero attached hydrogens (tertiary/aromatic N) is 6. The summed E-state index contributed by atoms with van der Waals surface area (Å²) in [6.45, 7) is 5.56. The van der Waals surface area contributed by atoms with Crippen molar-refractivity contribution in [3.05, 3.63) is 64.8 Å². The fourth-order valence-electron chi connectivity index (χ4n) is 6.72. The summed E-state index contributed by atoms with van der Waals surface area (Å²) in [4.78, 5) is 32.8. The van der Waals surface area contributed by atoms with Crippen LogP contribution < -0.4 is 15.8 Å². The van der Waals surface area contributed by atoms with Gasteiger partial charge in [0.2, 0.25) is 5.95 Å². The number of hydrogen-bond donors (Lipinski definition) is 2. The van der Waals surface area contributed by atoms with E-state index in [1.165, 1.54) is 24.9 Å². The number of nitrogens with one attached hydrogen (secondary N) is 1. The molecule has 41 heavy (non-hydrogen) atoms. The van der Waals surface area contributed by atoms with E-state index in [1.54, 1.807) is 0 Å². The average molecular weight is 554 g/mol. The zero-order valence-corrected chi connectivity index (χ0v) is 23.6. The van der Waals surface area contributed by atoms with Gasteiger partial charge in [0, 0.05) is 80.4 Å². The molecule has 2 N–H and O–H groups in total. The Kier molecular flexibility index (Phi) is 7.31. The molecule has 9 heteroatoms. The van der Waals surface area contributed by atoms with Crippen molar-refractivity contribution in [2.24, 2.45) is 5.92 Å². The normalized spacial score (nSPS) is 22.2. The van der Waals surface area contributed by atoms with Crippen molar-refractivity contribution in [2.45, 2.75) is 63.6 Å². The van der Waals surface area contributed by atoms with Gasteiger partial charge < -0.3 is 15.3 Å². The van der Waals surface area contributed by atoms with Crippen molar-refractivity contribution in [3.8, 4) is 0 Å². The molecule has 3 aliphatic rings. The summed E-state index contributed by atoms with van der Waals surface area (Å²) < 4.78 is 1.91. The van der Waals surface area contributed by atoms with Crippen LogP contribution in [0.15, 0.2) is 53.7 Å². The summed E-state index contributed by atoms with van der Waals surface area (Å²) in [6, 6.07) is 10.5. The van der Waals surface area contributed by atoms with Crippen LogP contribution in [0.5, 0.6) is 0 Å². The molecular weight excluding hydrogens is 514 g/mol. The Morgan fingerprint density at radius 1 is 0.902 bits per heavy atom. The van der Waals surface area contributed by atoms with Gasteiger partial charge in [-0.1, -0.05) is 18.6 Å². The first-order chi connectivity index (χ1) is 20.1. The van der Waals surface area contributed by atoms with Crippen LogP contribution in [-0.2, 0) is 6.54 Å². The lowest BCUT2D eigenvalue weighted by Crippen LogP contribution is -2.45. The first-order valence-electron chi connectivity index (χ1n) is 15.3. The van der Waals surface area contributed by atoms with Gasteiger partial charge in [-0.15, -0.1) is 0 Å². The Bertz CT molecular complexity index is 1570. The molecule has 1 aromatic carbocycles. The van der Waals surface area contributed by atoms with E-state index in [2.05, 4.69) is 55.4 Å². The second kappa shape index (κ2) is 11.4. The number of fused-ring (bicyclic) bond motifs is 3. The van der Waals surface area contributed by atoms with Gasteiger partial charge in [-0.2, -0.15) is 4.98 Å². The molecule has 0 unspecified atom stereocenters. The van der Waals surface area contributed by atoms with Crippen molar-refractivity contribution >= 4 is 33.4 Å². The van der Waals surface area contributed by atoms with Crippen molar-refractivity contribution in [1.82, 2.24) is 24.4 Å². The van der Waals surface area contributed by atoms with Crippen LogP contribution >= 0.6 is 0 Å². The molecule has 0 bridgehead atoms. The van der Waals surface area contributed by atoms with Gasteiger partial charge in [-0.05, 0) is 73.6 Å². The summed E-state index contributed by atoms with van der Waals surface area (Å²) in [5.41, 5.74) is 3.09. The summed E-state index contributed by atoms with van der Waals surface area (Å²) in [5.74, 6) is 1.28. The lowest BCUT2D eigenvalue weighted by molar-refractivity contribution is 0.111. The average Bonchev–Trinajstić information content (AvgIpc) is 2.98. The largest absolute Gasteiger partial charge is 0.393 e. The molecule has 214 valence electrons. The van der Waals surface area contributed by atoms with E-state index >= 15 is 0 Å². The molecule has 2 aliphatic carbocycles. The molecule has 4 aromatic rings. The Balaban J connectivity index is 1.19. The maximum absolute atomic E-state index is 14.2. The van der Waals surface area contributed by atoms with Crippen LogP contribution in [-0.4, -0.2) is 68.4 Å². The number of aliphatic hydroxyl groups excluding tert-OH is 1. The highest BCUT2D eigenvalue weighted by atomic mass is 16.3. The molecule has 7 rings (SSSR count). The number of aromatic nitrogens is 4. The fraction of sp³-hybridized carbons (Fsp3) is 0.500. The van der Waals surface area contributed by atoms with Gasteiger partial charge in [-0.25, -0.2) is 4.98 Å².